The van der Waals surface area contributed by atoms with Crippen molar-refractivity contribution in [1.82, 2.24) is 0 Å². The van der Waals surface area contributed by atoms with E-state index in [0.717, 1.165) is 0 Å². The lowest BCUT2D eigenvalue weighted by molar-refractivity contribution is -0.139. The molecule has 0 aromatic heterocycles. The van der Waals surface area contributed by atoms with Crippen LogP contribution in [0.15, 0.2) is 42.5 Å². The minimum Gasteiger partial charge on any atom is -0.508 e. The molecule has 0 saturated heterocycles. The highest BCUT2D eigenvalue weighted by Crippen LogP contribution is 2.32. The molecule has 9 heteroatoms. The van der Waals surface area contributed by atoms with Crippen LogP contribution in [0, 0.1) is 0 Å². The van der Waals surface area contributed by atoms with Crippen molar-refractivity contribution in [2.45, 2.75) is 31.4 Å². The van der Waals surface area contributed by atoms with Crippen molar-refractivity contribution in [1.29, 1.82) is 0 Å². The molecule has 0 bridgehead atoms. The van der Waals surface area contributed by atoms with Crippen molar-refractivity contribution in [3.8, 4) is 17.2 Å². The maximum Gasteiger partial charge on any atom is 0.338 e. The summed E-state index contributed by atoms with van der Waals surface area (Å²) in [6.45, 7) is 1.60. The van der Waals surface area contributed by atoms with Gasteiger partial charge >= 0.3 is 11.9 Å². The number of phenols is 3. The van der Waals surface area contributed by atoms with Crippen molar-refractivity contribution < 1.29 is 34.8 Å². The fourth-order valence-corrected chi connectivity index (χ4v) is 2.69. The van der Waals surface area contributed by atoms with Gasteiger partial charge in [-0.05, 0) is 55.3 Å². The highest BCUT2D eigenvalue weighted by Gasteiger charge is 2.29. The van der Waals surface area contributed by atoms with Gasteiger partial charge < -0.3 is 30.9 Å². The zero-order valence-electron chi connectivity index (χ0n) is 15.0. The molecule has 0 spiro atoms. The number of ether oxygens (including phenoxy) is 1. The number of phenolic OH excluding ortho intramolecular Hbond substituents is 3. The van der Waals surface area contributed by atoms with E-state index in [9.17, 15) is 30.0 Å². The zero-order chi connectivity index (χ0) is 20.1. The Hall–Kier alpha value is -2.97. The number of nitrogens with two attached hydrogens (primary N) is 1. The van der Waals surface area contributed by atoms with Gasteiger partial charge in [-0.15, -0.1) is 12.4 Å². The van der Waals surface area contributed by atoms with Crippen molar-refractivity contribution in [2.24, 2.45) is 5.73 Å². The molecule has 0 aliphatic heterocycles. The third-order valence-corrected chi connectivity index (χ3v) is 4.14. The fraction of sp³-hybridized carbons (Fsp3) is 0.263. The molecule has 0 aliphatic carbocycles. The summed E-state index contributed by atoms with van der Waals surface area (Å²) in [4.78, 5) is 23.5. The van der Waals surface area contributed by atoms with E-state index in [4.69, 9.17) is 10.5 Å². The molecule has 1 unspecified atom stereocenters. The Labute approximate surface area is 167 Å². The van der Waals surface area contributed by atoms with Crippen molar-refractivity contribution >= 4 is 24.3 Å². The molecule has 8 nitrogen and oxygen atoms in total. The van der Waals surface area contributed by atoms with E-state index >= 15 is 0 Å². The van der Waals surface area contributed by atoms with Crippen LogP contribution in [0.1, 0.15) is 35.2 Å². The number of hydrogen-bond acceptors (Lipinski definition) is 7. The van der Waals surface area contributed by atoms with Crippen LogP contribution in [0.3, 0.4) is 0 Å². The summed E-state index contributed by atoms with van der Waals surface area (Å²) in [5.74, 6) is -3.36. The monoisotopic (exact) mass is 411 g/mol. The molecule has 0 aliphatic rings. The maximum atomic E-state index is 12.2. The van der Waals surface area contributed by atoms with Crippen LogP contribution in [0.25, 0.3) is 0 Å². The molecule has 0 heterocycles. The van der Waals surface area contributed by atoms with Gasteiger partial charge in [-0.1, -0.05) is 6.07 Å². The minimum atomic E-state index is -1.30. The number of aromatic hydroxyl groups is 3. The summed E-state index contributed by atoms with van der Waals surface area (Å²) >= 11 is 0. The molecule has 0 radical (unpaired) electrons. The Morgan fingerprint density at radius 2 is 1.64 bits per heavy atom. The van der Waals surface area contributed by atoms with Gasteiger partial charge in [0.25, 0.3) is 0 Å². The van der Waals surface area contributed by atoms with Crippen molar-refractivity contribution in [3.05, 3.63) is 53.6 Å². The molecular formula is C19H22ClNO7. The van der Waals surface area contributed by atoms with Crippen LogP contribution < -0.4 is 5.73 Å². The molecule has 152 valence electrons. The minimum absolute atomic E-state index is 0. The maximum absolute atomic E-state index is 12.2. The number of hydrogen-bond donors (Lipinski definition) is 5. The number of carboxylic acid groups (broad SMARTS) is 1. The molecule has 6 N–H and O–H groups in total. The SMILES string of the molecule is C[C@H](CC(c1ccc(O)c(O)c1)[C@H](N)C(=O)O)OC(=O)c1ccc(O)cc1.Cl. The Balaban J connectivity index is 0.00000392. The highest BCUT2D eigenvalue weighted by molar-refractivity contribution is 5.89. The van der Waals surface area contributed by atoms with Crippen molar-refractivity contribution in [3.63, 3.8) is 0 Å². The van der Waals surface area contributed by atoms with Crippen LogP contribution in [-0.2, 0) is 9.53 Å². The molecule has 2 aromatic rings. The van der Waals surface area contributed by atoms with Gasteiger partial charge in [0.1, 0.15) is 17.9 Å². The first-order valence-electron chi connectivity index (χ1n) is 8.19. The highest BCUT2D eigenvalue weighted by atomic mass is 35.5. The summed E-state index contributed by atoms with van der Waals surface area (Å²) in [7, 11) is 0. The molecule has 0 fully saturated rings. The van der Waals surface area contributed by atoms with Crippen LogP contribution in [0.4, 0.5) is 0 Å². The second kappa shape index (κ2) is 9.82. The number of rotatable bonds is 7. The van der Waals surface area contributed by atoms with E-state index in [2.05, 4.69) is 0 Å². The van der Waals surface area contributed by atoms with Gasteiger partial charge in [0, 0.05) is 5.92 Å². The first kappa shape index (κ1) is 23.1. The van der Waals surface area contributed by atoms with Gasteiger partial charge in [0.2, 0.25) is 0 Å². The van der Waals surface area contributed by atoms with Gasteiger partial charge in [0.15, 0.2) is 11.5 Å². The molecule has 0 amide bonds. The van der Waals surface area contributed by atoms with Gasteiger partial charge in [0.05, 0.1) is 5.56 Å². The van der Waals surface area contributed by atoms with Crippen molar-refractivity contribution in [2.75, 3.05) is 0 Å². The number of carbonyl (C=O) groups excluding carboxylic acids is 1. The zero-order valence-corrected chi connectivity index (χ0v) is 15.8. The number of benzene rings is 2. The first-order valence-corrected chi connectivity index (χ1v) is 8.19. The molecule has 2 aromatic carbocycles. The molecule has 28 heavy (non-hydrogen) atoms. The fourth-order valence-electron chi connectivity index (χ4n) is 2.69. The summed E-state index contributed by atoms with van der Waals surface area (Å²) in [5.41, 5.74) is 6.41. The quantitative estimate of drug-likeness (QED) is 0.344. The number of aliphatic carboxylic acids is 1. The third kappa shape index (κ3) is 5.77. The van der Waals surface area contributed by atoms with Gasteiger partial charge in [-0.2, -0.15) is 0 Å². The summed E-state index contributed by atoms with van der Waals surface area (Å²) in [6, 6.07) is 8.14. The van der Waals surface area contributed by atoms with Crippen LogP contribution in [-0.4, -0.2) is 44.5 Å². The van der Waals surface area contributed by atoms with Crippen LogP contribution in [0.5, 0.6) is 17.2 Å². The van der Waals surface area contributed by atoms with E-state index in [-0.39, 0.29) is 35.9 Å². The lowest BCUT2D eigenvalue weighted by Gasteiger charge is -2.25. The Bertz CT molecular complexity index is 826. The topological polar surface area (TPSA) is 150 Å². The van der Waals surface area contributed by atoms with E-state index in [1.165, 1.54) is 42.5 Å². The number of carbonyl (C=O) groups is 2. The Kier molecular flexibility index (Phi) is 8.09. The van der Waals surface area contributed by atoms with E-state index < -0.39 is 35.8 Å². The van der Waals surface area contributed by atoms with Crippen LogP contribution >= 0.6 is 12.4 Å². The summed E-state index contributed by atoms with van der Waals surface area (Å²) in [5, 5.41) is 37.6. The number of halogens is 1. The normalized spacial score (nSPS) is 13.6. The molecule has 2 rings (SSSR count). The summed E-state index contributed by atoms with van der Waals surface area (Å²) < 4.78 is 5.33. The third-order valence-electron chi connectivity index (χ3n) is 4.14. The average Bonchev–Trinajstić information content (AvgIpc) is 2.62. The molecular weight excluding hydrogens is 390 g/mol. The standard InChI is InChI=1S/C19H21NO7.ClH/c1-10(27-19(26)11-2-5-13(21)6-3-11)8-14(17(20)18(24)25)12-4-7-15(22)16(23)9-12;/h2-7,9-10,14,17,21-23H,8,20H2,1H3,(H,24,25);1H/t10-,14?,17+;/m1./s1. The molecule has 0 saturated carbocycles. The summed E-state index contributed by atoms with van der Waals surface area (Å²) in [6.07, 6.45) is -0.598. The Morgan fingerprint density at radius 3 is 2.18 bits per heavy atom. The second-order valence-electron chi connectivity index (χ2n) is 6.22. The smallest absolute Gasteiger partial charge is 0.338 e. The average molecular weight is 412 g/mol. The lowest BCUT2D eigenvalue weighted by atomic mass is 9.87. The number of carboxylic acids is 1. The number of esters is 1. The van der Waals surface area contributed by atoms with E-state index in [1.54, 1.807) is 6.92 Å². The predicted octanol–water partition coefficient (Wildman–Crippen LogP) is 2.36. The lowest BCUT2D eigenvalue weighted by Crippen LogP contribution is -2.38. The largest absolute Gasteiger partial charge is 0.508 e. The van der Waals surface area contributed by atoms with Gasteiger partial charge in [-0.25, -0.2) is 4.79 Å². The Morgan fingerprint density at radius 1 is 1.04 bits per heavy atom. The van der Waals surface area contributed by atoms with E-state index in [0.29, 0.717) is 5.56 Å². The first-order chi connectivity index (χ1) is 12.7. The second-order valence-corrected chi connectivity index (χ2v) is 6.22. The predicted molar refractivity (Wildman–Crippen MR) is 103 cm³/mol. The van der Waals surface area contributed by atoms with Gasteiger partial charge in [-0.3, -0.25) is 4.79 Å². The van der Waals surface area contributed by atoms with Crippen LogP contribution in [0.2, 0.25) is 0 Å². The van der Waals surface area contributed by atoms with E-state index in [1.807, 2.05) is 0 Å². The molecule has 3 atom stereocenters.